The van der Waals surface area contributed by atoms with Crippen LogP contribution in [0.3, 0.4) is 0 Å². The van der Waals surface area contributed by atoms with Gasteiger partial charge in [-0.2, -0.15) is 5.26 Å². The van der Waals surface area contributed by atoms with Crippen LogP contribution < -0.4 is 0 Å². The average Bonchev–Trinajstić information content (AvgIpc) is 3.09. The lowest BCUT2D eigenvalue weighted by Gasteiger charge is -2.06. The molecular weight excluding hydrogens is 372 g/mol. The van der Waals surface area contributed by atoms with Crippen molar-refractivity contribution in [3.05, 3.63) is 58.1 Å². The number of Topliss-reactive ketones (excluding diaryl/α,β-unsaturated/α-hetero) is 1. The highest BCUT2D eigenvalue weighted by molar-refractivity contribution is 7.98. The molecular formula is C18H13ClN4O2S. The standard InChI is InChI=1S/C18H13ClN4O2S/c1-10-15(11(2)24)7-13(8-20)18(21-10)26-9-16-22-23-17(25-16)12-3-5-14(19)6-4-12/h3-7H,9H2,1-2H3. The second kappa shape index (κ2) is 7.68. The summed E-state index contributed by atoms with van der Waals surface area (Å²) in [7, 11) is 0. The normalized spacial score (nSPS) is 10.5. The van der Waals surface area contributed by atoms with Crippen LogP contribution in [0.5, 0.6) is 0 Å². The lowest BCUT2D eigenvalue weighted by molar-refractivity contribution is 0.101. The van der Waals surface area contributed by atoms with Crippen molar-refractivity contribution < 1.29 is 9.21 Å². The Hall–Kier alpha value is -2.69. The highest BCUT2D eigenvalue weighted by Gasteiger charge is 2.15. The van der Waals surface area contributed by atoms with Gasteiger partial charge in [-0.15, -0.1) is 10.2 Å². The quantitative estimate of drug-likeness (QED) is 0.473. The molecule has 0 atom stereocenters. The topological polar surface area (TPSA) is 92.7 Å². The van der Waals surface area contributed by atoms with Gasteiger partial charge in [0.2, 0.25) is 11.8 Å². The van der Waals surface area contributed by atoms with Crippen molar-refractivity contribution in [3.63, 3.8) is 0 Å². The molecule has 0 spiro atoms. The molecule has 0 bridgehead atoms. The Labute approximate surface area is 159 Å². The summed E-state index contributed by atoms with van der Waals surface area (Å²) >= 11 is 7.18. The Bertz CT molecular complexity index is 1010. The van der Waals surface area contributed by atoms with E-state index in [2.05, 4.69) is 21.3 Å². The van der Waals surface area contributed by atoms with Gasteiger partial charge in [-0.05, 0) is 44.2 Å². The number of ketones is 1. The van der Waals surface area contributed by atoms with Gasteiger partial charge in [0.25, 0.3) is 0 Å². The molecule has 130 valence electrons. The van der Waals surface area contributed by atoms with E-state index in [4.69, 9.17) is 16.0 Å². The lowest BCUT2D eigenvalue weighted by Crippen LogP contribution is -2.02. The van der Waals surface area contributed by atoms with E-state index in [1.54, 1.807) is 37.3 Å². The number of nitriles is 1. The number of carbonyl (C=O) groups is 1. The zero-order valence-corrected chi connectivity index (χ0v) is 15.6. The van der Waals surface area contributed by atoms with Gasteiger partial charge >= 0.3 is 0 Å². The minimum absolute atomic E-state index is 0.118. The third-order valence-corrected chi connectivity index (χ3v) is 4.80. The van der Waals surface area contributed by atoms with Crippen LogP contribution in [0.2, 0.25) is 5.02 Å². The number of rotatable bonds is 5. The molecule has 0 aliphatic heterocycles. The van der Waals surface area contributed by atoms with Crippen LogP contribution >= 0.6 is 23.4 Å². The number of hydrogen-bond donors (Lipinski definition) is 0. The SMILES string of the molecule is CC(=O)c1cc(C#N)c(SCc2nnc(-c3ccc(Cl)cc3)o2)nc1C. The van der Waals surface area contributed by atoms with Crippen LogP contribution in [0, 0.1) is 18.3 Å². The smallest absolute Gasteiger partial charge is 0.247 e. The Morgan fingerprint density at radius 2 is 2.04 bits per heavy atom. The number of halogens is 1. The van der Waals surface area contributed by atoms with E-state index in [0.717, 1.165) is 5.56 Å². The van der Waals surface area contributed by atoms with Crippen molar-refractivity contribution in [3.8, 4) is 17.5 Å². The van der Waals surface area contributed by atoms with E-state index in [1.807, 2.05) is 0 Å². The van der Waals surface area contributed by atoms with Gasteiger partial charge in [-0.3, -0.25) is 4.79 Å². The monoisotopic (exact) mass is 384 g/mol. The fourth-order valence-corrected chi connectivity index (χ4v) is 3.25. The van der Waals surface area contributed by atoms with Crippen LogP contribution in [0.25, 0.3) is 11.5 Å². The Morgan fingerprint density at radius 3 is 2.69 bits per heavy atom. The second-order valence-corrected chi connectivity index (χ2v) is 6.84. The first-order valence-corrected chi connectivity index (χ1v) is 8.98. The number of nitrogens with zero attached hydrogens (tertiary/aromatic N) is 4. The predicted octanol–water partition coefficient (Wildman–Crippen LogP) is 4.46. The molecule has 1 aromatic carbocycles. The van der Waals surface area contributed by atoms with Crippen molar-refractivity contribution >= 4 is 29.1 Å². The number of pyridine rings is 1. The van der Waals surface area contributed by atoms with Gasteiger partial charge in [0.1, 0.15) is 11.1 Å². The van der Waals surface area contributed by atoms with E-state index >= 15 is 0 Å². The van der Waals surface area contributed by atoms with Crippen LogP contribution in [0.4, 0.5) is 0 Å². The zero-order valence-electron chi connectivity index (χ0n) is 14.0. The molecule has 6 nitrogen and oxygen atoms in total. The van der Waals surface area contributed by atoms with Crippen molar-refractivity contribution in [2.75, 3.05) is 0 Å². The van der Waals surface area contributed by atoms with E-state index in [0.29, 0.717) is 44.4 Å². The van der Waals surface area contributed by atoms with Crippen LogP contribution in [0.15, 0.2) is 39.8 Å². The number of aromatic nitrogens is 3. The number of aryl methyl sites for hydroxylation is 1. The number of hydrogen-bond acceptors (Lipinski definition) is 7. The van der Waals surface area contributed by atoms with Gasteiger partial charge in [0.15, 0.2) is 5.78 Å². The first-order valence-electron chi connectivity index (χ1n) is 7.61. The Morgan fingerprint density at radius 1 is 1.31 bits per heavy atom. The zero-order chi connectivity index (χ0) is 18.7. The van der Waals surface area contributed by atoms with Crippen LogP contribution in [0.1, 0.15) is 34.4 Å². The van der Waals surface area contributed by atoms with Gasteiger partial charge in [-0.1, -0.05) is 23.4 Å². The molecule has 0 aliphatic carbocycles. The molecule has 0 fully saturated rings. The molecule has 0 N–H and O–H groups in total. The minimum atomic E-state index is -0.118. The predicted molar refractivity (Wildman–Crippen MR) is 98.0 cm³/mol. The summed E-state index contributed by atoms with van der Waals surface area (Å²) in [5, 5.41) is 18.5. The largest absolute Gasteiger partial charge is 0.420 e. The molecule has 0 unspecified atom stereocenters. The number of carbonyl (C=O) groups excluding carboxylic acids is 1. The van der Waals surface area contributed by atoms with Gasteiger partial charge in [0.05, 0.1) is 11.3 Å². The highest BCUT2D eigenvalue weighted by atomic mass is 35.5. The molecule has 0 saturated carbocycles. The molecule has 0 aliphatic rings. The highest BCUT2D eigenvalue weighted by Crippen LogP contribution is 2.27. The van der Waals surface area contributed by atoms with Crippen LogP contribution in [-0.4, -0.2) is 21.0 Å². The summed E-state index contributed by atoms with van der Waals surface area (Å²) < 4.78 is 5.65. The molecule has 26 heavy (non-hydrogen) atoms. The summed E-state index contributed by atoms with van der Waals surface area (Å²) in [6.07, 6.45) is 0. The molecule has 0 saturated heterocycles. The second-order valence-electron chi connectivity index (χ2n) is 5.44. The molecule has 0 radical (unpaired) electrons. The van der Waals surface area contributed by atoms with Gasteiger partial charge in [0, 0.05) is 21.8 Å². The van der Waals surface area contributed by atoms with Crippen molar-refractivity contribution in [2.24, 2.45) is 0 Å². The maximum atomic E-state index is 11.6. The van der Waals surface area contributed by atoms with E-state index in [1.165, 1.54) is 18.7 Å². The summed E-state index contributed by atoms with van der Waals surface area (Å²) in [6.45, 7) is 3.20. The van der Waals surface area contributed by atoms with Crippen molar-refractivity contribution in [1.82, 2.24) is 15.2 Å². The molecule has 2 aromatic heterocycles. The fourth-order valence-electron chi connectivity index (χ4n) is 2.28. The Kier molecular flexibility index (Phi) is 5.35. The maximum Gasteiger partial charge on any atom is 0.247 e. The third-order valence-electron chi connectivity index (χ3n) is 3.57. The van der Waals surface area contributed by atoms with Gasteiger partial charge in [-0.25, -0.2) is 4.98 Å². The molecule has 8 heteroatoms. The van der Waals surface area contributed by atoms with Gasteiger partial charge < -0.3 is 4.42 Å². The first-order chi connectivity index (χ1) is 12.5. The van der Waals surface area contributed by atoms with Crippen LogP contribution in [-0.2, 0) is 5.75 Å². The minimum Gasteiger partial charge on any atom is -0.420 e. The molecule has 3 rings (SSSR count). The third kappa shape index (κ3) is 3.93. The van der Waals surface area contributed by atoms with Crippen molar-refractivity contribution in [2.45, 2.75) is 24.6 Å². The maximum absolute atomic E-state index is 11.6. The lowest BCUT2D eigenvalue weighted by atomic mass is 10.1. The van der Waals surface area contributed by atoms with E-state index in [9.17, 15) is 10.1 Å². The Balaban J connectivity index is 1.78. The van der Waals surface area contributed by atoms with E-state index in [-0.39, 0.29) is 5.78 Å². The molecule has 0 amide bonds. The van der Waals surface area contributed by atoms with E-state index < -0.39 is 0 Å². The van der Waals surface area contributed by atoms with Crippen molar-refractivity contribution in [1.29, 1.82) is 5.26 Å². The molecule has 2 heterocycles. The summed E-state index contributed by atoms with van der Waals surface area (Å²) in [4.78, 5) is 16.0. The molecule has 3 aromatic rings. The number of thioether (sulfide) groups is 1. The summed E-state index contributed by atoms with van der Waals surface area (Å²) in [6, 6.07) is 10.7. The average molecular weight is 385 g/mol. The fraction of sp³-hybridized carbons (Fsp3) is 0.167. The summed E-state index contributed by atoms with van der Waals surface area (Å²) in [5.74, 6) is 1.06. The first kappa shape index (κ1) is 18.1. The summed E-state index contributed by atoms with van der Waals surface area (Å²) in [5.41, 5.74) is 2.17. The number of benzene rings is 1.